The van der Waals surface area contributed by atoms with E-state index >= 15 is 0 Å². The third-order valence-electron chi connectivity index (χ3n) is 4.82. The van der Waals surface area contributed by atoms with Crippen molar-refractivity contribution in [1.82, 2.24) is 14.9 Å². The average Bonchev–Trinajstić information content (AvgIpc) is 2.76. The first-order chi connectivity index (χ1) is 14.6. The van der Waals surface area contributed by atoms with Crippen molar-refractivity contribution >= 4 is 28.6 Å². The number of rotatable bonds is 10. The van der Waals surface area contributed by atoms with E-state index < -0.39 is 0 Å². The zero-order valence-corrected chi connectivity index (χ0v) is 17.9. The van der Waals surface area contributed by atoms with Crippen molar-refractivity contribution in [3.05, 3.63) is 70.5 Å². The van der Waals surface area contributed by atoms with Crippen molar-refractivity contribution in [2.45, 2.75) is 43.9 Å². The Morgan fingerprint density at radius 3 is 2.67 bits per heavy atom. The van der Waals surface area contributed by atoms with E-state index in [2.05, 4.69) is 22.4 Å². The second-order valence-corrected chi connectivity index (χ2v) is 8.17. The van der Waals surface area contributed by atoms with E-state index in [0.717, 1.165) is 12.8 Å². The third kappa shape index (κ3) is 5.93. The van der Waals surface area contributed by atoms with Crippen LogP contribution in [0.4, 0.5) is 0 Å². The molecule has 1 unspecified atom stereocenters. The number of nitrogens with zero attached hydrogens (tertiary/aromatic N) is 2. The largest absolute Gasteiger partial charge is 0.396 e. The number of hydrogen-bond acceptors (Lipinski definition) is 5. The molecule has 0 aliphatic heterocycles. The first kappa shape index (κ1) is 22.1. The van der Waals surface area contributed by atoms with Gasteiger partial charge in [-0.05, 0) is 43.9 Å². The van der Waals surface area contributed by atoms with Gasteiger partial charge in [-0.3, -0.25) is 14.2 Å². The van der Waals surface area contributed by atoms with Crippen molar-refractivity contribution < 1.29 is 9.90 Å². The van der Waals surface area contributed by atoms with Crippen molar-refractivity contribution in [1.29, 1.82) is 0 Å². The zero-order chi connectivity index (χ0) is 21.3. The normalized spacial score (nSPS) is 12.1. The molecule has 2 aromatic carbocycles. The Hall–Kier alpha value is -2.64. The van der Waals surface area contributed by atoms with E-state index in [1.807, 2.05) is 31.2 Å². The molecule has 0 radical (unpaired) electrons. The van der Waals surface area contributed by atoms with Gasteiger partial charge >= 0.3 is 0 Å². The summed E-state index contributed by atoms with van der Waals surface area (Å²) >= 11 is 1.25. The van der Waals surface area contributed by atoms with Gasteiger partial charge in [0.15, 0.2) is 5.16 Å². The Balaban J connectivity index is 1.62. The molecule has 6 nitrogen and oxygen atoms in total. The maximum absolute atomic E-state index is 12.8. The summed E-state index contributed by atoms with van der Waals surface area (Å²) in [5, 5.41) is 13.2. The van der Waals surface area contributed by atoms with Crippen LogP contribution in [0.1, 0.15) is 25.3 Å². The summed E-state index contributed by atoms with van der Waals surface area (Å²) in [6, 6.07) is 17.4. The number of fused-ring (bicyclic) bond motifs is 1. The van der Waals surface area contributed by atoms with E-state index in [1.54, 1.807) is 22.8 Å². The van der Waals surface area contributed by atoms with Crippen LogP contribution in [0.25, 0.3) is 10.9 Å². The minimum absolute atomic E-state index is 0.0111. The highest BCUT2D eigenvalue weighted by Crippen LogP contribution is 2.18. The van der Waals surface area contributed by atoms with E-state index in [-0.39, 0.29) is 29.9 Å². The molecule has 0 fully saturated rings. The van der Waals surface area contributed by atoms with E-state index in [9.17, 15) is 9.59 Å². The van der Waals surface area contributed by atoms with Gasteiger partial charge in [-0.1, -0.05) is 54.2 Å². The summed E-state index contributed by atoms with van der Waals surface area (Å²) in [6.07, 6.45) is 2.22. The van der Waals surface area contributed by atoms with Crippen LogP contribution in [-0.2, 0) is 17.8 Å². The molecule has 0 aliphatic rings. The summed E-state index contributed by atoms with van der Waals surface area (Å²) in [5.74, 6) is 0.0937. The minimum Gasteiger partial charge on any atom is -0.396 e. The fraction of sp³-hybridized carbons (Fsp3) is 0.348. The number of amides is 1. The van der Waals surface area contributed by atoms with Crippen LogP contribution >= 0.6 is 11.8 Å². The van der Waals surface area contributed by atoms with Crippen LogP contribution in [-0.4, -0.2) is 39.0 Å². The van der Waals surface area contributed by atoms with Gasteiger partial charge in [-0.2, -0.15) is 0 Å². The topological polar surface area (TPSA) is 84.2 Å². The van der Waals surface area contributed by atoms with Crippen molar-refractivity contribution in [2.75, 3.05) is 12.4 Å². The summed E-state index contributed by atoms with van der Waals surface area (Å²) in [4.78, 5) is 29.8. The number of aromatic nitrogens is 2. The second kappa shape index (κ2) is 10.9. The van der Waals surface area contributed by atoms with Crippen LogP contribution < -0.4 is 10.9 Å². The maximum atomic E-state index is 12.8. The number of aliphatic hydroxyl groups is 1. The number of benzene rings is 2. The molecule has 1 amide bonds. The number of hydrogen-bond donors (Lipinski definition) is 2. The van der Waals surface area contributed by atoms with Gasteiger partial charge in [-0.15, -0.1) is 0 Å². The van der Waals surface area contributed by atoms with E-state index in [0.29, 0.717) is 29.0 Å². The average molecular weight is 426 g/mol. The number of carbonyl (C=O) groups excluding carboxylic acids is 1. The first-order valence-electron chi connectivity index (χ1n) is 10.1. The summed E-state index contributed by atoms with van der Waals surface area (Å²) in [7, 11) is 0. The Kier molecular flexibility index (Phi) is 8.04. The van der Waals surface area contributed by atoms with Gasteiger partial charge in [-0.25, -0.2) is 4.98 Å². The molecular weight excluding hydrogens is 398 g/mol. The number of aliphatic hydroxyl groups excluding tert-OH is 1. The lowest BCUT2D eigenvalue weighted by molar-refractivity contribution is -0.119. The monoisotopic (exact) mass is 425 g/mol. The molecule has 2 N–H and O–H groups in total. The Morgan fingerprint density at radius 2 is 1.90 bits per heavy atom. The lowest BCUT2D eigenvalue weighted by Gasteiger charge is -2.15. The second-order valence-electron chi connectivity index (χ2n) is 7.23. The Labute approximate surface area is 180 Å². The molecule has 3 aromatic rings. The van der Waals surface area contributed by atoms with Crippen LogP contribution in [0.3, 0.4) is 0 Å². The highest BCUT2D eigenvalue weighted by atomic mass is 32.2. The highest BCUT2D eigenvalue weighted by Gasteiger charge is 2.14. The fourth-order valence-corrected chi connectivity index (χ4v) is 4.07. The predicted octanol–water partition coefficient (Wildman–Crippen LogP) is 3.01. The number of nitrogens with one attached hydrogen (secondary N) is 1. The quantitative estimate of drug-likeness (QED) is 0.385. The number of thioether (sulfide) groups is 1. The SMILES string of the molecule is CC(CCc1ccccc1)NC(=O)CSc1nc2ccccc2c(=O)n1CCCO. The van der Waals surface area contributed by atoms with Gasteiger partial charge in [0, 0.05) is 19.2 Å². The fourth-order valence-electron chi connectivity index (χ4n) is 3.23. The molecule has 158 valence electrons. The van der Waals surface area contributed by atoms with Gasteiger partial charge < -0.3 is 10.4 Å². The summed E-state index contributed by atoms with van der Waals surface area (Å²) in [6.45, 7) is 2.35. The van der Waals surface area contributed by atoms with Crippen LogP contribution in [0.2, 0.25) is 0 Å². The predicted molar refractivity (Wildman–Crippen MR) is 121 cm³/mol. The molecule has 1 heterocycles. The lowest BCUT2D eigenvalue weighted by atomic mass is 10.1. The molecule has 0 bridgehead atoms. The number of para-hydroxylation sites is 1. The molecule has 0 aliphatic carbocycles. The molecule has 0 saturated carbocycles. The molecule has 0 saturated heterocycles. The van der Waals surface area contributed by atoms with E-state index in [4.69, 9.17) is 5.11 Å². The van der Waals surface area contributed by atoms with Gasteiger partial charge in [0.05, 0.1) is 16.7 Å². The van der Waals surface area contributed by atoms with E-state index in [1.165, 1.54) is 17.3 Å². The van der Waals surface area contributed by atoms with Crippen molar-refractivity contribution in [3.8, 4) is 0 Å². The smallest absolute Gasteiger partial charge is 0.262 e. The van der Waals surface area contributed by atoms with Crippen LogP contribution in [0, 0.1) is 0 Å². The molecule has 30 heavy (non-hydrogen) atoms. The Morgan fingerprint density at radius 1 is 1.17 bits per heavy atom. The molecular formula is C23H27N3O3S. The minimum atomic E-state index is -0.145. The van der Waals surface area contributed by atoms with Crippen molar-refractivity contribution in [3.63, 3.8) is 0 Å². The lowest BCUT2D eigenvalue weighted by Crippen LogP contribution is -2.34. The molecule has 1 atom stereocenters. The highest BCUT2D eigenvalue weighted by molar-refractivity contribution is 7.99. The molecule has 7 heteroatoms. The number of aryl methyl sites for hydroxylation is 1. The third-order valence-corrected chi connectivity index (χ3v) is 5.79. The van der Waals surface area contributed by atoms with Crippen LogP contribution in [0.5, 0.6) is 0 Å². The van der Waals surface area contributed by atoms with Crippen LogP contribution in [0.15, 0.2) is 64.5 Å². The zero-order valence-electron chi connectivity index (χ0n) is 17.1. The maximum Gasteiger partial charge on any atom is 0.262 e. The standard InChI is InChI=1S/C23H27N3O3S/c1-17(12-13-18-8-3-2-4-9-18)24-21(28)16-30-23-25-20-11-6-5-10-19(20)22(29)26(23)14-7-15-27/h2-6,8-11,17,27H,7,12-16H2,1H3,(H,24,28). The molecule has 3 rings (SSSR count). The number of carbonyl (C=O) groups is 1. The van der Waals surface area contributed by atoms with Gasteiger partial charge in [0.1, 0.15) is 0 Å². The van der Waals surface area contributed by atoms with Gasteiger partial charge in [0.2, 0.25) is 5.91 Å². The molecule has 1 aromatic heterocycles. The molecule has 0 spiro atoms. The van der Waals surface area contributed by atoms with Crippen molar-refractivity contribution in [2.24, 2.45) is 0 Å². The summed E-state index contributed by atoms with van der Waals surface area (Å²) < 4.78 is 1.55. The summed E-state index contributed by atoms with van der Waals surface area (Å²) in [5.41, 5.74) is 1.72. The Bertz CT molecular complexity index is 1040. The van der Waals surface area contributed by atoms with Gasteiger partial charge in [0.25, 0.3) is 5.56 Å². The first-order valence-corrected chi connectivity index (χ1v) is 11.1.